The van der Waals surface area contributed by atoms with Gasteiger partial charge in [0.05, 0.1) is 6.21 Å². The number of carbonyl (C=O) groups excluding carboxylic acids is 2. The van der Waals surface area contributed by atoms with Gasteiger partial charge in [-0.3, -0.25) is 0 Å². The largest absolute Gasteiger partial charge is 0.495 e. The Labute approximate surface area is 45.6 Å². The molecule has 0 atom stereocenters. The zero-order valence-corrected chi connectivity index (χ0v) is 4.10. The number of rotatable bonds is 0. The maximum Gasteiger partial charge on any atom is 0.495 e. The minimum Gasteiger partial charge on any atom is -0.246 e. The van der Waals surface area contributed by atoms with Gasteiger partial charge in [-0.25, -0.2) is 9.79 Å². The van der Waals surface area contributed by atoms with Crippen LogP contribution in [0.4, 0.5) is 4.79 Å². The van der Waals surface area contributed by atoms with E-state index in [1.54, 1.807) is 0 Å². The molecule has 1 rings (SSSR count). The third-order valence-electron chi connectivity index (χ3n) is 0.774. The van der Waals surface area contributed by atoms with E-state index in [0.29, 0.717) is 0 Å². The second-order valence-electron chi connectivity index (χ2n) is 1.43. The van der Waals surface area contributed by atoms with E-state index in [4.69, 9.17) is 0 Å². The van der Waals surface area contributed by atoms with E-state index in [-0.39, 0.29) is 12.3 Å². The summed E-state index contributed by atoms with van der Waals surface area (Å²) in [6.45, 7) is 0. The van der Waals surface area contributed by atoms with Crippen LogP contribution in [0.2, 0.25) is 0 Å². The maximum absolute atomic E-state index is 10.3. The van der Waals surface area contributed by atoms with Crippen LogP contribution in [0.1, 0.15) is 6.42 Å². The second-order valence-corrected chi connectivity index (χ2v) is 1.43. The van der Waals surface area contributed by atoms with Crippen molar-refractivity contribution in [2.45, 2.75) is 6.42 Å². The lowest BCUT2D eigenvalue weighted by Crippen LogP contribution is -2.80. The number of imide groups is 1. The Morgan fingerprint density at radius 3 is 2.75 bits per heavy atom. The molecule has 0 fully saturated rings. The number of nitrogens with one attached hydrogen (secondary N) is 2. The van der Waals surface area contributed by atoms with Crippen molar-refractivity contribution >= 4 is 18.2 Å². The lowest BCUT2D eigenvalue weighted by atomic mass is 10.4. The Balaban J connectivity index is 2.68. The molecule has 42 valence electrons. The van der Waals surface area contributed by atoms with Gasteiger partial charge in [-0.05, 0) is 0 Å². The Morgan fingerprint density at radius 2 is 2.38 bits per heavy atom. The molecule has 1 aliphatic rings. The lowest BCUT2D eigenvalue weighted by Gasteiger charge is -1.92. The minimum atomic E-state index is -0.443. The predicted octanol–water partition coefficient (Wildman–Crippen LogP) is -2.22. The summed E-state index contributed by atoms with van der Waals surface area (Å²) in [4.78, 5) is 22.8. The van der Waals surface area contributed by atoms with Crippen LogP contribution < -0.4 is 10.3 Å². The summed E-state index contributed by atoms with van der Waals surface area (Å²) in [7, 11) is 0. The Bertz CT molecular complexity index is 161. The molecule has 3 amide bonds. The van der Waals surface area contributed by atoms with E-state index in [0.717, 1.165) is 0 Å². The highest BCUT2D eigenvalue weighted by molar-refractivity contribution is 6.00. The Kier molecular flexibility index (Phi) is 1.07. The average Bonchev–Trinajstić information content (AvgIpc) is 1.64. The first-order valence-electron chi connectivity index (χ1n) is 2.21. The van der Waals surface area contributed by atoms with Gasteiger partial charge in [-0.2, -0.15) is 10.1 Å². The minimum absolute atomic E-state index is 0.256. The molecule has 0 aliphatic carbocycles. The number of carbonyl (C=O) groups is 2. The molecule has 0 saturated carbocycles. The zero-order chi connectivity index (χ0) is 5.98. The van der Waals surface area contributed by atoms with Crippen LogP contribution >= 0.6 is 0 Å². The predicted molar refractivity (Wildman–Crippen MR) is 25.2 cm³/mol. The number of hydrogen-bond donors (Lipinski definition) is 2. The van der Waals surface area contributed by atoms with Crippen LogP contribution in [0.5, 0.6) is 0 Å². The highest BCUT2D eigenvalue weighted by Crippen LogP contribution is 1.71. The molecule has 0 aromatic heterocycles. The number of amides is 3. The van der Waals surface area contributed by atoms with Gasteiger partial charge in [-0.15, -0.1) is 0 Å². The molecule has 0 saturated heterocycles. The Morgan fingerprint density at radius 1 is 1.62 bits per heavy atom. The van der Waals surface area contributed by atoms with Crippen LogP contribution in [-0.2, 0) is 4.79 Å². The molecular formula is C4H5N2O2+. The average molecular weight is 113 g/mol. The topological polar surface area (TPSA) is 60.1 Å². The van der Waals surface area contributed by atoms with Crippen LogP contribution in [0.3, 0.4) is 0 Å². The van der Waals surface area contributed by atoms with Crippen molar-refractivity contribution in [3.63, 3.8) is 0 Å². The molecule has 2 N–H and O–H groups in total. The number of urea groups is 1. The van der Waals surface area contributed by atoms with Gasteiger partial charge in [0.15, 0.2) is 0 Å². The molecule has 1 aliphatic heterocycles. The molecule has 0 spiro atoms. The fourth-order valence-corrected chi connectivity index (χ4v) is 0.450. The quantitative estimate of drug-likeness (QED) is 0.374. The van der Waals surface area contributed by atoms with Crippen LogP contribution in [-0.4, -0.2) is 18.2 Å². The number of hydrogen-bond acceptors (Lipinski definition) is 2. The fourth-order valence-electron chi connectivity index (χ4n) is 0.450. The molecule has 4 heteroatoms. The van der Waals surface area contributed by atoms with Gasteiger partial charge in [0.2, 0.25) is 0 Å². The van der Waals surface area contributed by atoms with E-state index in [1.165, 1.54) is 6.21 Å². The molecule has 0 radical (unpaired) electrons. The molecule has 0 bridgehead atoms. The SMILES string of the molecule is O=C1CC=[NH+]C(=O)N1. The molecule has 4 nitrogen and oxygen atoms in total. The summed E-state index contributed by atoms with van der Waals surface area (Å²) in [5.41, 5.74) is 0. The summed E-state index contributed by atoms with van der Waals surface area (Å²) in [5, 5.41) is 2.06. The van der Waals surface area contributed by atoms with Gasteiger partial charge >= 0.3 is 11.9 Å². The summed E-state index contributed by atoms with van der Waals surface area (Å²) in [6.07, 6.45) is 1.69. The third-order valence-corrected chi connectivity index (χ3v) is 0.774. The second kappa shape index (κ2) is 1.73. The van der Waals surface area contributed by atoms with E-state index < -0.39 is 6.03 Å². The molecule has 0 aromatic carbocycles. The van der Waals surface area contributed by atoms with Crippen molar-refractivity contribution < 1.29 is 14.6 Å². The van der Waals surface area contributed by atoms with E-state index >= 15 is 0 Å². The first-order chi connectivity index (χ1) is 3.79. The van der Waals surface area contributed by atoms with Crippen molar-refractivity contribution in [3.8, 4) is 0 Å². The normalized spacial score (nSPS) is 18.5. The van der Waals surface area contributed by atoms with Gasteiger partial charge < -0.3 is 0 Å². The first kappa shape index (κ1) is 4.96. The van der Waals surface area contributed by atoms with E-state index in [9.17, 15) is 9.59 Å². The third kappa shape index (κ3) is 0.900. The summed E-state index contributed by atoms with van der Waals surface area (Å²) in [6, 6.07) is -0.443. The summed E-state index contributed by atoms with van der Waals surface area (Å²) >= 11 is 0. The van der Waals surface area contributed by atoms with Crippen molar-refractivity contribution in [1.82, 2.24) is 5.32 Å². The Hall–Kier alpha value is -1.19. The zero-order valence-electron chi connectivity index (χ0n) is 4.10. The summed E-state index contributed by atoms with van der Waals surface area (Å²) in [5.74, 6) is -0.256. The highest BCUT2D eigenvalue weighted by atomic mass is 16.2. The van der Waals surface area contributed by atoms with Crippen molar-refractivity contribution in [2.75, 3.05) is 0 Å². The summed E-state index contributed by atoms with van der Waals surface area (Å²) < 4.78 is 0. The first-order valence-corrected chi connectivity index (χ1v) is 2.21. The fraction of sp³-hybridized carbons (Fsp3) is 0.250. The molecule has 8 heavy (non-hydrogen) atoms. The highest BCUT2D eigenvalue weighted by Gasteiger charge is 2.16. The molecule has 0 unspecified atom stereocenters. The van der Waals surface area contributed by atoms with Gasteiger partial charge in [-0.1, -0.05) is 0 Å². The maximum atomic E-state index is 10.3. The van der Waals surface area contributed by atoms with Crippen LogP contribution in [0, 0.1) is 0 Å². The molecular weight excluding hydrogens is 108 g/mol. The molecule has 0 aromatic rings. The van der Waals surface area contributed by atoms with Gasteiger partial charge in [0.25, 0.3) is 0 Å². The van der Waals surface area contributed by atoms with Crippen molar-refractivity contribution in [1.29, 1.82) is 0 Å². The molecule has 1 heterocycles. The standard InChI is InChI=1S/C4H4N2O2/c7-3-1-2-5-4(8)6-3/h2H,1H2,(H,6,7,8)/p+1. The smallest absolute Gasteiger partial charge is 0.246 e. The van der Waals surface area contributed by atoms with Gasteiger partial charge in [0.1, 0.15) is 6.42 Å². The lowest BCUT2D eigenvalue weighted by molar-refractivity contribution is -0.340. The van der Waals surface area contributed by atoms with E-state index in [2.05, 4.69) is 10.3 Å². The van der Waals surface area contributed by atoms with Crippen LogP contribution in [0.25, 0.3) is 0 Å². The van der Waals surface area contributed by atoms with Crippen molar-refractivity contribution in [3.05, 3.63) is 0 Å². The van der Waals surface area contributed by atoms with Crippen LogP contribution in [0.15, 0.2) is 0 Å². The van der Waals surface area contributed by atoms with E-state index in [1.807, 2.05) is 0 Å². The van der Waals surface area contributed by atoms with Crippen molar-refractivity contribution in [2.24, 2.45) is 0 Å². The van der Waals surface area contributed by atoms with Gasteiger partial charge in [0, 0.05) is 0 Å². The monoisotopic (exact) mass is 113 g/mol.